The predicted molar refractivity (Wildman–Crippen MR) is 78.1 cm³/mol. The van der Waals surface area contributed by atoms with Crippen molar-refractivity contribution in [1.29, 1.82) is 0 Å². The molecule has 120 valence electrons. The summed E-state index contributed by atoms with van der Waals surface area (Å²) in [5, 5.41) is 0. The summed E-state index contributed by atoms with van der Waals surface area (Å²) in [5.41, 5.74) is 5.40. The first kappa shape index (κ1) is 18.2. The predicted octanol–water partition coefficient (Wildman–Crippen LogP) is 3.08. The van der Waals surface area contributed by atoms with Crippen LogP contribution in [0.25, 0.3) is 0 Å². The minimum atomic E-state index is -4.36. The van der Waals surface area contributed by atoms with E-state index in [9.17, 15) is 13.2 Å². The molecule has 3 nitrogen and oxygen atoms in total. The zero-order valence-electron chi connectivity index (χ0n) is 12.2. The quantitative estimate of drug-likeness (QED) is 0.909. The molecule has 0 aromatic carbocycles. The molecule has 0 amide bonds. The van der Waals surface area contributed by atoms with E-state index in [0.29, 0.717) is 13.1 Å². The maximum Gasteiger partial charge on any atom is 0.418 e. The van der Waals surface area contributed by atoms with E-state index in [0.717, 1.165) is 12.5 Å². The lowest BCUT2D eigenvalue weighted by Gasteiger charge is -2.42. The van der Waals surface area contributed by atoms with Gasteiger partial charge in [-0.1, -0.05) is 13.8 Å². The number of hydrogen-bond acceptors (Lipinski definition) is 3. The van der Waals surface area contributed by atoms with E-state index in [1.807, 2.05) is 18.7 Å². The maximum absolute atomic E-state index is 12.9. The number of alkyl halides is 3. The summed E-state index contributed by atoms with van der Waals surface area (Å²) in [4.78, 5) is 5.91. The normalized spacial score (nSPS) is 22.7. The molecule has 1 atom stereocenters. The molecular formula is C14H21ClF3N3. The number of piperidine rings is 1. The molecule has 0 radical (unpaired) electrons. The zero-order valence-corrected chi connectivity index (χ0v) is 13.0. The van der Waals surface area contributed by atoms with Crippen LogP contribution < -0.4 is 5.73 Å². The van der Waals surface area contributed by atoms with Crippen LogP contribution in [-0.2, 0) is 12.7 Å². The number of nitrogens with zero attached hydrogens (tertiary/aromatic N) is 2. The van der Waals surface area contributed by atoms with Crippen LogP contribution in [-0.4, -0.2) is 29.0 Å². The number of nitrogens with two attached hydrogens (primary N) is 1. The lowest BCUT2D eigenvalue weighted by Crippen LogP contribution is -2.52. The van der Waals surface area contributed by atoms with Gasteiger partial charge in [0.25, 0.3) is 0 Å². The van der Waals surface area contributed by atoms with Crippen molar-refractivity contribution in [3.63, 3.8) is 0 Å². The van der Waals surface area contributed by atoms with Crippen molar-refractivity contribution < 1.29 is 13.2 Å². The Labute approximate surface area is 129 Å². The fraction of sp³-hybridized carbons (Fsp3) is 0.643. The van der Waals surface area contributed by atoms with Gasteiger partial charge in [0.1, 0.15) is 0 Å². The fourth-order valence-corrected chi connectivity index (χ4v) is 2.65. The smallest absolute Gasteiger partial charge is 0.327 e. The van der Waals surface area contributed by atoms with Crippen molar-refractivity contribution in [1.82, 2.24) is 9.88 Å². The molecule has 0 aliphatic carbocycles. The second-order valence-corrected chi connectivity index (χ2v) is 6.09. The first-order chi connectivity index (χ1) is 9.20. The molecule has 2 rings (SSSR count). The molecular weight excluding hydrogens is 303 g/mol. The lowest BCUT2D eigenvalue weighted by atomic mass is 9.79. The average molecular weight is 324 g/mol. The Bertz CT molecular complexity index is 477. The molecule has 1 fully saturated rings. The van der Waals surface area contributed by atoms with Crippen LogP contribution in [0.5, 0.6) is 0 Å². The molecule has 7 heteroatoms. The minimum Gasteiger partial charge on any atom is -0.327 e. The van der Waals surface area contributed by atoms with Gasteiger partial charge in [-0.2, -0.15) is 13.2 Å². The third-order valence-corrected chi connectivity index (χ3v) is 3.96. The highest BCUT2D eigenvalue weighted by atomic mass is 35.5. The molecule has 1 aliphatic rings. The summed E-state index contributed by atoms with van der Waals surface area (Å²) in [5.74, 6) is 0. The van der Waals surface area contributed by atoms with E-state index in [1.165, 1.54) is 12.3 Å². The Morgan fingerprint density at radius 1 is 1.43 bits per heavy atom. The molecule has 2 heterocycles. The van der Waals surface area contributed by atoms with E-state index < -0.39 is 11.7 Å². The number of aromatic nitrogens is 1. The van der Waals surface area contributed by atoms with Gasteiger partial charge in [-0.05, 0) is 24.0 Å². The van der Waals surface area contributed by atoms with Crippen molar-refractivity contribution in [2.75, 3.05) is 13.1 Å². The highest BCUT2D eigenvalue weighted by Crippen LogP contribution is 2.33. The third kappa shape index (κ3) is 4.31. The lowest BCUT2D eigenvalue weighted by molar-refractivity contribution is -0.138. The standard InChI is InChI=1S/C14H20F3N3.ClH/c1-13(2)9-20(7-5-12(13)18)8-11-10(14(15,16)17)4-3-6-19-11;/h3-4,6,12H,5,7-9,18H2,1-2H3;1H. The number of pyridine rings is 1. The van der Waals surface area contributed by atoms with E-state index in [4.69, 9.17) is 5.73 Å². The van der Waals surface area contributed by atoms with Crippen molar-refractivity contribution in [2.45, 2.75) is 39.0 Å². The summed E-state index contributed by atoms with van der Waals surface area (Å²) in [7, 11) is 0. The van der Waals surface area contributed by atoms with Gasteiger partial charge >= 0.3 is 6.18 Å². The fourth-order valence-electron chi connectivity index (χ4n) is 2.65. The molecule has 0 saturated carbocycles. The molecule has 21 heavy (non-hydrogen) atoms. The second kappa shape index (κ2) is 6.50. The Kier molecular flexibility index (Phi) is 5.63. The van der Waals surface area contributed by atoms with Crippen molar-refractivity contribution in [3.05, 3.63) is 29.6 Å². The molecule has 1 aliphatic heterocycles. The van der Waals surface area contributed by atoms with Gasteiger partial charge in [-0.3, -0.25) is 9.88 Å². The van der Waals surface area contributed by atoms with E-state index in [1.54, 1.807) is 0 Å². The Hall–Kier alpha value is -0.850. The van der Waals surface area contributed by atoms with Gasteiger partial charge in [-0.15, -0.1) is 12.4 Å². The van der Waals surface area contributed by atoms with Crippen LogP contribution in [0.15, 0.2) is 18.3 Å². The van der Waals surface area contributed by atoms with Crippen molar-refractivity contribution in [3.8, 4) is 0 Å². The highest BCUT2D eigenvalue weighted by Gasteiger charge is 2.37. The average Bonchev–Trinajstić information content (AvgIpc) is 2.33. The Morgan fingerprint density at radius 3 is 2.67 bits per heavy atom. The van der Waals surface area contributed by atoms with Crippen LogP contribution in [0.1, 0.15) is 31.5 Å². The third-order valence-electron chi connectivity index (χ3n) is 3.96. The molecule has 0 spiro atoms. The second-order valence-electron chi connectivity index (χ2n) is 6.09. The van der Waals surface area contributed by atoms with Crippen LogP contribution in [0.2, 0.25) is 0 Å². The number of hydrogen-bond donors (Lipinski definition) is 1. The summed E-state index contributed by atoms with van der Waals surface area (Å²) in [6, 6.07) is 2.50. The SMILES string of the molecule is CC1(C)CN(Cc2ncccc2C(F)(F)F)CCC1N.Cl. The first-order valence-corrected chi connectivity index (χ1v) is 6.69. The van der Waals surface area contributed by atoms with E-state index in [2.05, 4.69) is 4.98 Å². The summed E-state index contributed by atoms with van der Waals surface area (Å²) in [6.45, 7) is 5.70. The molecule has 1 aromatic rings. The number of likely N-dealkylation sites (tertiary alicyclic amines) is 1. The zero-order chi connectivity index (χ0) is 15.0. The van der Waals surface area contributed by atoms with Gasteiger partial charge in [0.2, 0.25) is 0 Å². The minimum absolute atomic E-state index is 0. The molecule has 1 aromatic heterocycles. The number of rotatable bonds is 2. The largest absolute Gasteiger partial charge is 0.418 e. The van der Waals surface area contributed by atoms with Gasteiger partial charge < -0.3 is 5.73 Å². The number of halogens is 4. The van der Waals surface area contributed by atoms with Gasteiger partial charge in [0.15, 0.2) is 0 Å². The Balaban J connectivity index is 0.00000220. The van der Waals surface area contributed by atoms with Crippen LogP contribution in [0, 0.1) is 5.41 Å². The Morgan fingerprint density at radius 2 is 2.10 bits per heavy atom. The molecule has 1 unspecified atom stereocenters. The molecule has 2 N–H and O–H groups in total. The van der Waals surface area contributed by atoms with E-state index in [-0.39, 0.29) is 36.1 Å². The molecule has 0 bridgehead atoms. The summed E-state index contributed by atoms with van der Waals surface area (Å²) >= 11 is 0. The van der Waals surface area contributed by atoms with Gasteiger partial charge in [0, 0.05) is 31.9 Å². The summed E-state index contributed by atoms with van der Waals surface area (Å²) in [6.07, 6.45) is -2.15. The van der Waals surface area contributed by atoms with Crippen molar-refractivity contribution in [2.24, 2.45) is 11.1 Å². The highest BCUT2D eigenvalue weighted by molar-refractivity contribution is 5.85. The van der Waals surface area contributed by atoms with Crippen molar-refractivity contribution >= 4 is 12.4 Å². The van der Waals surface area contributed by atoms with Crippen LogP contribution in [0.3, 0.4) is 0 Å². The van der Waals surface area contributed by atoms with E-state index >= 15 is 0 Å². The molecule has 1 saturated heterocycles. The maximum atomic E-state index is 12.9. The van der Waals surface area contributed by atoms with Crippen LogP contribution >= 0.6 is 12.4 Å². The van der Waals surface area contributed by atoms with Gasteiger partial charge in [0.05, 0.1) is 11.3 Å². The van der Waals surface area contributed by atoms with Crippen LogP contribution in [0.4, 0.5) is 13.2 Å². The first-order valence-electron chi connectivity index (χ1n) is 6.69. The van der Waals surface area contributed by atoms with Gasteiger partial charge in [-0.25, -0.2) is 0 Å². The summed E-state index contributed by atoms with van der Waals surface area (Å²) < 4.78 is 38.8. The monoisotopic (exact) mass is 323 g/mol. The topological polar surface area (TPSA) is 42.2 Å².